The fourth-order valence-electron chi connectivity index (χ4n) is 1.40. The van der Waals surface area contributed by atoms with E-state index in [0.717, 1.165) is 0 Å². The van der Waals surface area contributed by atoms with Crippen molar-refractivity contribution in [3.63, 3.8) is 0 Å². The molecule has 0 fully saturated rings. The Balaban J connectivity index is 2.02. The SMILES string of the molecule is CCOC(=O)Oc1cccc(OC(=O)c2ccco2)c1. The second-order valence-electron chi connectivity index (χ2n) is 3.63. The van der Waals surface area contributed by atoms with E-state index in [0.29, 0.717) is 0 Å². The fourth-order valence-corrected chi connectivity index (χ4v) is 1.40. The third-order valence-corrected chi connectivity index (χ3v) is 2.20. The van der Waals surface area contributed by atoms with Crippen LogP contribution in [0.15, 0.2) is 47.1 Å². The molecular formula is C14H12O6. The highest BCUT2D eigenvalue weighted by Crippen LogP contribution is 2.21. The molecule has 6 nitrogen and oxygen atoms in total. The number of hydrogen-bond donors (Lipinski definition) is 0. The first-order chi connectivity index (χ1) is 9.69. The summed E-state index contributed by atoms with van der Waals surface area (Å²) in [6, 6.07) is 9.15. The number of esters is 1. The van der Waals surface area contributed by atoms with Gasteiger partial charge in [0, 0.05) is 6.07 Å². The molecule has 0 saturated carbocycles. The zero-order valence-electron chi connectivity index (χ0n) is 10.7. The van der Waals surface area contributed by atoms with Gasteiger partial charge in [-0.25, -0.2) is 9.59 Å². The Kier molecular flexibility index (Phi) is 4.39. The lowest BCUT2D eigenvalue weighted by molar-refractivity contribution is 0.0701. The standard InChI is InChI=1S/C14H12O6/c1-2-17-14(16)20-11-6-3-5-10(9-11)19-13(15)12-7-4-8-18-12/h3-9H,2H2,1H3. The highest BCUT2D eigenvalue weighted by Gasteiger charge is 2.12. The molecular weight excluding hydrogens is 264 g/mol. The van der Waals surface area contributed by atoms with Crippen LogP contribution in [0.1, 0.15) is 17.5 Å². The second kappa shape index (κ2) is 6.42. The number of hydrogen-bond acceptors (Lipinski definition) is 6. The van der Waals surface area contributed by atoms with E-state index in [1.807, 2.05) is 0 Å². The number of benzene rings is 1. The van der Waals surface area contributed by atoms with Crippen molar-refractivity contribution < 1.29 is 28.2 Å². The molecule has 0 radical (unpaired) electrons. The molecule has 104 valence electrons. The lowest BCUT2D eigenvalue weighted by atomic mass is 10.3. The van der Waals surface area contributed by atoms with Crippen LogP contribution in [0.2, 0.25) is 0 Å². The summed E-state index contributed by atoms with van der Waals surface area (Å²) >= 11 is 0. The van der Waals surface area contributed by atoms with Crippen molar-refractivity contribution in [2.75, 3.05) is 6.61 Å². The van der Waals surface area contributed by atoms with Gasteiger partial charge in [0.25, 0.3) is 0 Å². The van der Waals surface area contributed by atoms with Crippen LogP contribution in [0, 0.1) is 0 Å². The molecule has 0 aliphatic heterocycles. The smallest absolute Gasteiger partial charge is 0.457 e. The molecule has 0 bridgehead atoms. The quantitative estimate of drug-likeness (QED) is 0.485. The van der Waals surface area contributed by atoms with Crippen LogP contribution >= 0.6 is 0 Å². The van der Waals surface area contributed by atoms with Crippen LogP contribution in [0.5, 0.6) is 11.5 Å². The topological polar surface area (TPSA) is 75.0 Å². The van der Waals surface area contributed by atoms with Crippen molar-refractivity contribution in [2.45, 2.75) is 6.92 Å². The molecule has 0 amide bonds. The Morgan fingerprint density at radius 1 is 1.10 bits per heavy atom. The zero-order chi connectivity index (χ0) is 14.4. The molecule has 0 atom stereocenters. The van der Waals surface area contributed by atoms with Gasteiger partial charge in [-0.3, -0.25) is 0 Å². The van der Waals surface area contributed by atoms with Gasteiger partial charge in [-0.05, 0) is 31.2 Å². The molecule has 0 aliphatic carbocycles. The van der Waals surface area contributed by atoms with Gasteiger partial charge >= 0.3 is 12.1 Å². The maximum atomic E-state index is 11.7. The van der Waals surface area contributed by atoms with E-state index in [2.05, 4.69) is 4.74 Å². The van der Waals surface area contributed by atoms with E-state index in [4.69, 9.17) is 13.9 Å². The maximum Gasteiger partial charge on any atom is 0.513 e. The Hall–Kier alpha value is -2.76. The summed E-state index contributed by atoms with van der Waals surface area (Å²) in [5.41, 5.74) is 0. The van der Waals surface area contributed by atoms with E-state index < -0.39 is 12.1 Å². The van der Waals surface area contributed by atoms with Crippen LogP contribution in [0.3, 0.4) is 0 Å². The number of carbonyl (C=O) groups excluding carboxylic acids is 2. The number of carbonyl (C=O) groups is 2. The summed E-state index contributed by atoms with van der Waals surface area (Å²) in [5.74, 6) is -0.105. The summed E-state index contributed by atoms with van der Waals surface area (Å²) in [6.45, 7) is 1.88. The van der Waals surface area contributed by atoms with Crippen molar-refractivity contribution in [3.8, 4) is 11.5 Å². The Bertz CT molecular complexity index is 587. The minimum Gasteiger partial charge on any atom is -0.457 e. The average Bonchev–Trinajstić information content (AvgIpc) is 2.93. The first-order valence-corrected chi connectivity index (χ1v) is 5.89. The fraction of sp³-hybridized carbons (Fsp3) is 0.143. The molecule has 0 N–H and O–H groups in total. The van der Waals surface area contributed by atoms with E-state index in [9.17, 15) is 9.59 Å². The molecule has 0 unspecified atom stereocenters. The largest absolute Gasteiger partial charge is 0.513 e. The monoisotopic (exact) mass is 276 g/mol. The Morgan fingerprint density at radius 2 is 1.85 bits per heavy atom. The number of rotatable bonds is 4. The minimum absolute atomic E-state index is 0.0849. The third-order valence-electron chi connectivity index (χ3n) is 2.20. The molecule has 0 aliphatic rings. The van der Waals surface area contributed by atoms with Crippen LogP contribution in [0.25, 0.3) is 0 Å². The van der Waals surface area contributed by atoms with Crippen molar-refractivity contribution in [1.82, 2.24) is 0 Å². The van der Waals surface area contributed by atoms with Gasteiger partial charge in [0.05, 0.1) is 12.9 Å². The number of furan rings is 1. The normalized spacial score (nSPS) is 9.85. The van der Waals surface area contributed by atoms with Crippen molar-refractivity contribution in [3.05, 3.63) is 48.4 Å². The molecule has 6 heteroatoms. The molecule has 2 aromatic rings. The van der Waals surface area contributed by atoms with Gasteiger partial charge in [-0.2, -0.15) is 0 Å². The minimum atomic E-state index is -0.818. The third kappa shape index (κ3) is 3.61. The van der Waals surface area contributed by atoms with Gasteiger partial charge < -0.3 is 18.6 Å². The Morgan fingerprint density at radius 3 is 2.50 bits per heavy atom. The molecule has 1 heterocycles. The first-order valence-electron chi connectivity index (χ1n) is 5.89. The average molecular weight is 276 g/mol. The van der Waals surface area contributed by atoms with Crippen molar-refractivity contribution in [2.24, 2.45) is 0 Å². The van der Waals surface area contributed by atoms with Gasteiger partial charge in [-0.1, -0.05) is 6.07 Å². The zero-order valence-corrected chi connectivity index (χ0v) is 10.7. The van der Waals surface area contributed by atoms with Crippen LogP contribution in [-0.4, -0.2) is 18.7 Å². The van der Waals surface area contributed by atoms with Crippen molar-refractivity contribution >= 4 is 12.1 Å². The highest BCUT2D eigenvalue weighted by atomic mass is 16.7. The van der Waals surface area contributed by atoms with E-state index >= 15 is 0 Å². The van der Waals surface area contributed by atoms with Gasteiger partial charge in [0.2, 0.25) is 5.76 Å². The lowest BCUT2D eigenvalue weighted by Crippen LogP contribution is -2.10. The van der Waals surface area contributed by atoms with Gasteiger partial charge in [-0.15, -0.1) is 0 Å². The second-order valence-corrected chi connectivity index (χ2v) is 3.63. The first kappa shape index (κ1) is 13.7. The summed E-state index contributed by atoms with van der Waals surface area (Å²) < 4.78 is 19.5. The molecule has 20 heavy (non-hydrogen) atoms. The summed E-state index contributed by atoms with van der Waals surface area (Å²) in [4.78, 5) is 22.8. The van der Waals surface area contributed by atoms with Crippen LogP contribution in [0.4, 0.5) is 4.79 Å². The summed E-state index contributed by atoms with van der Waals surface area (Å²) in [7, 11) is 0. The van der Waals surface area contributed by atoms with E-state index in [1.165, 1.54) is 18.4 Å². The molecule has 1 aromatic carbocycles. The highest BCUT2D eigenvalue weighted by molar-refractivity contribution is 5.88. The number of ether oxygens (including phenoxy) is 3. The van der Waals surface area contributed by atoms with Crippen LogP contribution < -0.4 is 9.47 Å². The van der Waals surface area contributed by atoms with Gasteiger partial charge in [0.1, 0.15) is 11.5 Å². The Labute approximate surface area is 114 Å². The van der Waals surface area contributed by atoms with Gasteiger partial charge in [0.15, 0.2) is 0 Å². The van der Waals surface area contributed by atoms with Crippen molar-refractivity contribution in [1.29, 1.82) is 0 Å². The predicted octanol–water partition coefficient (Wildman–Crippen LogP) is 3.03. The van der Waals surface area contributed by atoms with Crippen LogP contribution in [-0.2, 0) is 4.74 Å². The summed E-state index contributed by atoms with van der Waals surface area (Å²) in [6.07, 6.45) is 0.554. The van der Waals surface area contributed by atoms with E-state index in [1.54, 1.807) is 31.2 Å². The molecule has 0 spiro atoms. The van der Waals surface area contributed by atoms with E-state index in [-0.39, 0.29) is 23.9 Å². The molecule has 0 saturated heterocycles. The summed E-state index contributed by atoms with van der Waals surface area (Å²) in [5, 5.41) is 0. The molecule has 1 aromatic heterocycles. The maximum absolute atomic E-state index is 11.7. The lowest BCUT2D eigenvalue weighted by Gasteiger charge is -2.06. The predicted molar refractivity (Wildman–Crippen MR) is 67.8 cm³/mol. The molecule has 2 rings (SSSR count).